The zero-order valence-corrected chi connectivity index (χ0v) is 13.7. The molecule has 0 fully saturated rings. The van der Waals surface area contributed by atoms with E-state index in [-0.39, 0.29) is 11.6 Å². The van der Waals surface area contributed by atoms with Gasteiger partial charge in [0.05, 0.1) is 11.1 Å². The van der Waals surface area contributed by atoms with Crippen molar-refractivity contribution in [2.75, 3.05) is 0 Å². The Bertz CT molecular complexity index is 1040. The lowest BCUT2D eigenvalue weighted by atomic mass is 9.97. The van der Waals surface area contributed by atoms with Crippen molar-refractivity contribution in [3.05, 3.63) is 82.4 Å². The Kier molecular flexibility index (Phi) is 3.84. The molecule has 0 heterocycles. The van der Waals surface area contributed by atoms with Crippen LogP contribution in [0.1, 0.15) is 27.8 Å². The van der Waals surface area contributed by atoms with E-state index in [0.717, 1.165) is 34.0 Å². The molecule has 3 aromatic rings. The van der Waals surface area contributed by atoms with E-state index >= 15 is 0 Å². The molecule has 0 nitrogen and oxygen atoms in total. The van der Waals surface area contributed by atoms with E-state index in [0.29, 0.717) is 12.0 Å². The van der Waals surface area contributed by atoms with Crippen LogP contribution >= 0.6 is 0 Å². The van der Waals surface area contributed by atoms with Gasteiger partial charge in [0.2, 0.25) is 0 Å². The number of allylic oxidation sites excluding steroid dienone is 1. The van der Waals surface area contributed by atoms with Gasteiger partial charge in [0, 0.05) is 0 Å². The van der Waals surface area contributed by atoms with Gasteiger partial charge in [0.1, 0.15) is 0 Å². The van der Waals surface area contributed by atoms with Crippen LogP contribution in [0.3, 0.4) is 0 Å². The highest BCUT2D eigenvalue weighted by molar-refractivity contribution is 6.00. The molecule has 4 rings (SSSR count). The van der Waals surface area contributed by atoms with E-state index in [9.17, 15) is 26.3 Å². The van der Waals surface area contributed by atoms with Crippen molar-refractivity contribution in [2.24, 2.45) is 0 Å². The summed E-state index contributed by atoms with van der Waals surface area (Å²) < 4.78 is 78.6. The fraction of sp³-hybridized carbons (Fsp3) is 0.143. The van der Waals surface area contributed by atoms with Gasteiger partial charge in [0.25, 0.3) is 0 Å². The molecule has 0 bridgehead atoms. The van der Waals surface area contributed by atoms with Crippen molar-refractivity contribution < 1.29 is 26.3 Å². The fourth-order valence-corrected chi connectivity index (χ4v) is 3.42. The molecule has 138 valence electrons. The molecule has 27 heavy (non-hydrogen) atoms. The Morgan fingerprint density at radius 1 is 0.704 bits per heavy atom. The average Bonchev–Trinajstić information content (AvgIpc) is 3.04. The van der Waals surface area contributed by atoms with Crippen molar-refractivity contribution in [1.29, 1.82) is 0 Å². The molecule has 0 atom stereocenters. The summed E-state index contributed by atoms with van der Waals surface area (Å²) in [6, 6.07) is 13.0. The van der Waals surface area contributed by atoms with Crippen LogP contribution in [0.5, 0.6) is 0 Å². The first-order valence-corrected chi connectivity index (χ1v) is 8.14. The number of alkyl halides is 6. The van der Waals surface area contributed by atoms with Crippen molar-refractivity contribution in [3.8, 4) is 0 Å². The smallest absolute Gasteiger partial charge is 0.166 e. The fourth-order valence-electron chi connectivity index (χ4n) is 3.42. The maximum atomic E-state index is 13.1. The van der Waals surface area contributed by atoms with Crippen molar-refractivity contribution in [1.82, 2.24) is 0 Å². The summed E-state index contributed by atoms with van der Waals surface area (Å²) in [6.45, 7) is 0. The van der Waals surface area contributed by atoms with Crippen molar-refractivity contribution >= 4 is 22.4 Å². The minimum Gasteiger partial charge on any atom is -0.166 e. The summed E-state index contributed by atoms with van der Waals surface area (Å²) in [4.78, 5) is 0. The highest BCUT2D eigenvalue weighted by atomic mass is 19.4. The molecule has 0 unspecified atom stereocenters. The molecular formula is C21H12F6. The Morgan fingerprint density at radius 3 is 1.96 bits per heavy atom. The second kappa shape index (κ2) is 5.87. The van der Waals surface area contributed by atoms with Gasteiger partial charge < -0.3 is 0 Å². The maximum absolute atomic E-state index is 13.1. The quantitative estimate of drug-likeness (QED) is 0.401. The van der Waals surface area contributed by atoms with Gasteiger partial charge in [-0.3, -0.25) is 0 Å². The first kappa shape index (κ1) is 17.6. The zero-order chi connectivity index (χ0) is 19.4. The molecular weight excluding hydrogens is 366 g/mol. The Balaban J connectivity index is 1.87. The molecule has 6 heteroatoms. The van der Waals surface area contributed by atoms with E-state index in [4.69, 9.17) is 0 Å². The van der Waals surface area contributed by atoms with Crippen LogP contribution < -0.4 is 0 Å². The standard InChI is InChI=1S/C21H12F6/c22-20(23,24)16-8-15(9-17(11-16)21(25,26)27)14-7-13-6-5-12-3-1-2-4-18(12)19(13)10-14/h1-6,8-11H,7H2. The summed E-state index contributed by atoms with van der Waals surface area (Å²) >= 11 is 0. The Labute approximate surface area is 150 Å². The average molecular weight is 378 g/mol. The van der Waals surface area contributed by atoms with E-state index in [2.05, 4.69) is 0 Å². The highest BCUT2D eigenvalue weighted by Gasteiger charge is 2.37. The largest absolute Gasteiger partial charge is 0.416 e. The number of hydrogen-bond acceptors (Lipinski definition) is 0. The van der Waals surface area contributed by atoms with Gasteiger partial charge in [-0.05, 0) is 63.7 Å². The van der Waals surface area contributed by atoms with E-state index in [1.54, 1.807) is 6.08 Å². The summed E-state index contributed by atoms with van der Waals surface area (Å²) in [5, 5.41) is 1.89. The number of benzene rings is 3. The molecule has 0 saturated carbocycles. The predicted molar refractivity (Wildman–Crippen MR) is 92.0 cm³/mol. The first-order valence-electron chi connectivity index (χ1n) is 8.14. The molecule has 0 spiro atoms. The lowest BCUT2D eigenvalue weighted by molar-refractivity contribution is -0.143. The number of rotatable bonds is 1. The number of hydrogen-bond donors (Lipinski definition) is 0. The minimum absolute atomic E-state index is 0.0579. The van der Waals surface area contributed by atoms with Gasteiger partial charge in [0.15, 0.2) is 0 Å². The van der Waals surface area contributed by atoms with Crippen molar-refractivity contribution in [3.63, 3.8) is 0 Å². The highest BCUT2D eigenvalue weighted by Crippen LogP contribution is 2.41. The van der Waals surface area contributed by atoms with Crippen molar-refractivity contribution in [2.45, 2.75) is 18.8 Å². The molecule has 0 saturated heterocycles. The Morgan fingerprint density at radius 2 is 1.33 bits per heavy atom. The summed E-state index contributed by atoms with van der Waals surface area (Å²) in [7, 11) is 0. The number of halogens is 6. The van der Waals surface area contributed by atoms with E-state index in [1.165, 1.54) is 0 Å². The van der Waals surface area contributed by atoms with Gasteiger partial charge in [-0.15, -0.1) is 0 Å². The molecule has 1 aliphatic carbocycles. The minimum atomic E-state index is -4.85. The third-order valence-corrected chi connectivity index (χ3v) is 4.72. The van der Waals surface area contributed by atoms with E-state index in [1.807, 2.05) is 36.4 Å². The van der Waals surface area contributed by atoms with Crippen LogP contribution in [0.15, 0.2) is 54.6 Å². The van der Waals surface area contributed by atoms with Crippen LogP contribution in [0, 0.1) is 0 Å². The lowest BCUT2D eigenvalue weighted by Gasteiger charge is -2.14. The molecule has 0 aliphatic heterocycles. The molecule has 0 N–H and O–H groups in total. The van der Waals surface area contributed by atoms with Crippen LogP contribution in [-0.2, 0) is 18.8 Å². The molecule has 0 radical (unpaired) electrons. The van der Waals surface area contributed by atoms with Crippen LogP contribution in [0.4, 0.5) is 26.3 Å². The first-order chi connectivity index (χ1) is 12.6. The zero-order valence-electron chi connectivity index (χ0n) is 13.7. The summed E-state index contributed by atoms with van der Waals surface area (Å²) in [5.74, 6) is 0. The molecule has 0 aromatic heterocycles. The number of fused-ring (bicyclic) bond motifs is 3. The SMILES string of the molecule is FC(F)(F)c1cc(C2=Cc3c(ccc4ccccc34)C2)cc(C(F)(F)F)c1. The van der Waals surface area contributed by atoms with Gasteiger partial charge in [-0.1, -0.05) is 36.4 Å². The van der Waals surface area contributed by atoms with Gasteiger partial charge in [-0.2, -0.15) is 26.3 Å². The Hall–Kier alpha value is -2.76. The summed E-state index contributed by atoms with van der Waals surface area (Å²) in [6.07, 6.45) is -7.73. The molecule has 1 aliphatic rings. The van der Waals surface area contributed by atoms with E-state index < -0.39 is 23.5 Å². The monoisotopic (exact) mass is 378 g/mol. The molecule has 0 amide bonds. The third-order valence-electron chi connectivity index (χ3n) is 4.72. The maximum Gasteiger partial charge on any atom is 0.416 e. The van der Waals surface area contributed by atoms with Gasteiger partial charge in [-0.25, -0.2) is 0 Å². The normalized spacial score (nSPS) is 14.4. The van der Waals surface area contributed by atoms with Crippen LogP contribution in [0.2, 0.25) is 0 Å². The second-order valence-corrected chi connectivity index (χ2v) is 6.50. The lowest BCUT2D eigenvalue weighted by Crippen LogP contribution is -2.11. The molecule has 3 aromatic carbocycles. The predicted octanol–water partition coefficient (Wildman–Crippen LogP) is 6.97. The third kappa shape index (κ3) is 3.20. The van der Waals surface area contributed by atoms with Crippen LogP contribution in [0.25, 0.3) is 22.4 Å². The second-order valence-electron chi connectivity index (χ2n) is 6.50. The topological polar surface area (TPSA) is 0 Å². The van der Waals surface area contributed by atoms with Gasteiger partial charge >= 0.3 is 12.4 Å². The van der Waals surface area contributed by atoms with Crippen LogP contribution in [-0.4, -0.2) is 0 Å². The summed E-state index contributed by atoms with van der Waals surface area (Å²) in [5.41, 5.74) is -0.484.